The lowest BCUT2D eigenvalue weighted by molar-refractivity contribution is -0.128. The Morgan fingerprint density at radius 2 is 1.70 bits per heavy atom. The molecule has 144 valence electrons. The van der Waals surface area contributed by atoms with Gasteiger partial charge in [0.1, 0.15) is 5.54 Å². The summed E-state index contributed by atoms with van der Waals surface area (Å²) in [5.74, 6) is -0.0423. The lowest BCUT2D eigenvalue weighted by atomic mass is 9.82. The SMILES string of the molecule is C[C@@H](C(=O)NC1(C#N)CCCCC1)N1CCN(C(=O)c2ccccc2)CC1. The van der Waals surface area contributed by atoms with Crippen molar-refractivity contribution < 1.29 is 9.59 Å². The van der Waals surface area contributed by atoms with E-state index >= 15 is 0 Å². The van der Waals surface area contributed by atoms with Gasteiger partial charge < -0.3 is 10.2 Å². The van der Waals surface area contributed by atoms with Gasteiger partial charge in [0, 0.05) is 31.7 Å². The van der Waals surface area contributed by atoms with Crippen molar-refractivity contribution in [3.8, 4) is 6.07 Å². The number of hydrogen-bond acceptors (Lipinski definition) is 4. The number of amides is 2. The van der Waals surface area contributed by atoms with Crippen LogP contribution in [-0.2, 0) is 4.79 Å². The minimum atomic E-state index is -0.700. The standard InChI is InChI=1S/C21H28N4O2/c1-17(19(26)23-21(16-22)10-6-3-7-11-21)24-12-14-25(15-13-24)20(27)18-8-4-2-5-9-18/h2,4-5,8-9,17H,3,6-7,10-15H2,1H3,(H,23,26)/t17-/m0/s1. The molecule has 2 fully saturated rings. The molecule has 1 heterocycles. The third-order valence-corrected chi connectivity index (χ3v) is 5.83. The van der Waals surface area contributed by atoms with E-state index in [4.69, 9.17) is 0 Å². The van der Waals surface area contributed by atoms with Crippen molar-refractivity contribution in [1.29, 1.82) is 5.26 Å². The van der Waals surface area contributed by atoms with Crippen LogP contribution >= 0.6 is 0 Å². The van der Waals surface area contributed by atoms with Crippen molar-refractivity contribution in [2.75, 3.05) is 26.2 Å². The Bertz CT molecular complexity index is 699. The van der Waals surface area contributed by atoms with Crippen molar-refractivity contribution in [2.45, 2.75) is 50.6 Å². The van der Waals surface area contributed by atoms with Gasteiger partial charge in [0.15, 0.2) is 0 Å². The second-order valence-corrected chi connectivity index (χ2v) is 7.61. The maximum absolute atomic E-state index is 12.7. The van der Waals surface area contributed by atoms with Crippen molar-refractivity contribution in [1.82, 2.24) is 15.1 Å². The number of nitriles is 1. The van der Waals surface area contributed by atoms with E-state index in [9.17, 15) is 14.9 Å². The molecule has 27 heavy (non-hydrogen) atoms. The summed E-state index contributed by atoms with van der Waals surface area (Å²) in [5.41, 5.74) is -0.000636. The predicted molar refractivity (Wildman–Crippen MR) is 103 cm³/mol. The summed E-state index contributed by atoms with van der Waals surface area (Å²) >= 11 is 0. The van der Waals surface area contributed by atoms with E-state index in [0.717, 1.165) is 32.1 Å². The van der Waals surface area contributed by atoms with E-state index in [-0.39, 0.29) is 17.9 Å². The molecule has 2 aliphatic rings. The molecule has 1 aromatic rings. The van der Waals surface area contributed by atoms with Gasteiger partial charge >= 0.3 is 0 Å². The van der Waals surface area contributed by atoms with Crippen LogP contribution in [0.25, 0.3) is 0 Å². The Morgan fingerprint density at radius 1 is 1.07 bits per heavy atom. The quantitative estimate of drug-likeness (QED) is 0.884. The minimum absolute atomic E-state index is 0.0398. The molecule has 0 bridgehead atoms. The molecule has 0 radical (unpaired) electrons. The first-order chi connectivity index (χ1) is 13.0. The molecule has 3 rings (SSSR count). The summed E-state index contributed by atoms with van der Waals surface area (Å²) in [5, 5.41) is 12.6. The van der Waals surface area contributed by atoms with Gasteiger partial charge in [-0.05, 0) is 31.9 Å². The third-order valence-electron chi connectivity index (χ3n) is 5.83. The number of nitrogens with one attached hydrogen (secondary N) is 1. The Kier molecular flexibility index (Phi) is 6.12. The summed E-state index contributed by atoms with van der Waals surface area (Å²) in [6, 6.07) is 11.3. The fraction of sp³-hybridized carbons (Fsp3) is 0.571. The number of rotatable bonds is 4. The fourth-order valence-electron chi connectivity index (χ4n) is 4.00. The van der Waals surface area contributed by atoms with Gasteiger partial charge in [-0.25, -0.2) is 0 Å². The van der Waals surface area contributed by atoms with Gasteiger partial charge in [-0.1, -0.05) is 37.5 Å². The molecule has 0 spiro atoms. The highest BCUT2D eigenvalue weighted by atomic mass is 16.2. The van der Waals surface area contributed by atoms with Crippen LogP contribution in [0.2, 0.25) is 0 Å². The van der Waals surface area contributed by atoms with Gasteiger partial charge in [-0.15, -0.1) is 0 Å². The maximum atomic E-state index is 12.7. The Morgan fingerprint density at radius 3 is 2.30 bits per heavy atom. The molecule has 1 aliphatic carbocycles. The number of carbonyl (C=O) groups excluding carboxylic acids is 2. The average Bonchev–Trinajstić information content (AvgIpc) is 2.74. The second kappa shape index (κ2) is 8.53. The molecular weight excluding hydrogens is 340 g/mol. The first-order valence-corrected chi connectivity index (χ1v) is 9.86. The zero-order valence-corrected chi connectivity index (χ0v) is 16.0. The van der Waals surface area contributed by atoms with E-state index < -0.39 is 5.54 Å². The van der Waals surface area contributed by atoms with Crippen LogP contribution in [0, 0.1) is 11.3 Å². The summed E-state index contributed by atoms with van der Waals surface area (Å²) in [4.78, 5) is 29.2. The Labute approximate surface area is 161 Å². The van der Waals surface area contributed by atoms with Gasteiger partial charge in [0.2, 0.25) is 5.91 Å². The summed E-state index contributed by atoms with van der Waals surface area (Å²) in [6.45, 7) is 4.42. The summed E-state index contributed by atoms with van der Waals surface area (Å²) in [7, 11) is 0. The average molecular weight is 368 g/mol. The molecule has 6 nitrogen and oxygen atoms in total. The van der Waals surface area contributed by atoms with Crippen LogP contribution < -0.4 is 5.32 Å². The third kappa shape index (κ3) is 4.48. The molecule has 1 atom stereocenters. The maximum Gasteiger partial charge on any atom is 0.253 e. The van der Waals surface area contributed by atoms with E-state index in [2.05, 4.69) is 16.3 Å². The highest BCUT2D eigenvalue weighted by Gasteiger charge is 2.36. The Hall–Kier alpha value is -2.39. The molecule has 1 aromatic carbocycles. The van der Waals surface area contributed by atoms with Crippen molar-refractivity contribution in [3.63, 3.8) is 0 Å². The molecule has 1 aliphatic heterocycles. The first-order valence-electron chi connectivity index (χ1n) is 9.86. The van der Waals surface area contributed by atoms with Gasteiger partial charge in [-0.2, -0.15) is 5.26 Å². The molecule has 1 N–H and O–H groups in total. The molecule has 1 saturated heterocycles. The summed E-state index contributed by atoms with van der Waals surface area (Å²) < 4.78 is 0. The van der Waals surface area contributed by atoms with Crippen molar-refractivity contribution >= 4 is 11.8 Å². The molecular formula is C21H28N4O2. The molecule has 2 amide bonds. The van der Waals surface area contributed by atoms with Gasteiger partial charge in [-0.3, -0.25) is 14.5 Å². The zero-order valence-electron chi connectivity index (χ0n) is 16.0. The highest BCUT2D eigenvalue weighted by Crippen LogP contribution is 2.27. The van der Waals surface area contributed by atoms with E-state index in [1.54, 1.807) is 0 Å². The normalized spacial score (nSPS) is 21.1. The zero-order chi connectivity index (χ0) is 19.3. The van der Waals surface area contributed by atoms with E-state index in [0.29, 0.717) is 31.7 Å². The monoisotopic (exact) mass is 368 g/mol. The fourth-order valence-corrected chi connectivity index (χ4v) is 4.00. The highest BCUT2D eigenvalue weighted by molar-refractivity contribution is 5.94. The van der Waals surface area contributed by atoms with Crippen LogP contribution in [0.4, 0.5) is 0 Å². The molecule has 6 heteroatoms. The second-order valence-electron chi connectivity index (χ2n) is 7.61. The largest absolute Gasteiger partial charge is 0.336 e. The number of hydrogen-bond donors (Lipinski definition) is 1. The number of carbonyl (C=O) groups is 2. The Balaban J connectivity index is 1.53. The van der Waals surface area contributed by atoms with Crippen molar-refractivity contribution in [3.05, 3.63) is 35.9 Å². The first kappa shape index (κ1) is 19.4. The minimum Gasteiger partial charge on any atom is -0.336 e. The van der Waals surface area contributed by atoms with Gasteiger partial charge in [0.25, 0.3) is 5.91 Å². The lowest BCUT2D eigenvalue weighted by Gasteiger charge is -2.39. The van der Waals surface area contributed by atoms with Crippen LogP contribution in [0.5, 0.6) is 0 Å². The number of piperazine rings is 1. The van der Waals surface area contributed by atoms with Crippen LogP contribution in [0.3, 0.4) is 0 Å². The van der Waals surface area contributed by atoms with Crippen LogP contribution in [0.15, 0.2) is 30.3 Å². The van der Waals surface area contributed by atoms with Crippen molar-refractivity contribution in [2.24, 2.45) is 0 Å². The lowest BCUT2D eigenvalue weighted by Crippen LogP contribution is -2.58. The predicted octanol–water partition coefficient (Wildman–Crippen LogP) is 2.18. The number of benzene rings is 1. The van der Waals surface area contributed by atoms with E-state index in [1.165, 1.54) is 0 Å². The van der Waals surface area contributed by atoms with Crippen LogP contribution in [-0.4, -0.2) is 59.4 Å². The molecule has 0 aromatic heterocycles. The smallest absolute Gasteiger partial charge is 0.253 e. The topological polar surface area (TPSA) is 76.4 Å². The van der Waals surface area contributed by atoms with Crippen LogP contribution in [0.1, 0.15) is 49.4 Å². The number of nitrogens with zero attached hydrogens (tertiary/aromatic N) is 3. The summed E-state index contributed by atoms with van der Waals surface area (Å²) in [6.07, 6.45) is 4.58. The van der Waals surface area contributed by atoms with E-state index in [1.807, 2.05) is 42.2 Å². The van der Waals surface area contributed by atoms with Gasteiger partial charge in [0.05, 0.1) is 12.1 Å². The molecule has 0 unspecified atom stereocenters. The molecule has 1 saturated carbocycles.